The SMILES string of the molecule is C/C(=C/CC/C(C)=C\CC/C(C)=C\CC/C(C)=C\CCC(C)CCOP(=O)(O)O)CC/C=C(/C)CC/C=C(/C)CC/C=C(/C)CC/C=C(/C)CC/C=C(\C)CC/C=C(\C)CCCC(C)C. The van der Waals surface area contributed by atoms with E-state index >= 15 is 0 Å². The standard InChI is InChI=1S/C60H103O4P/c1-49(2)25-14-26-50(3)27-15-28-51(4)29-16-30-52(5)31-17-32-53(6)33-18-34-54(7)35-19-36-55(8)37-20-38-56(9)39-21-40-57(10)41-22-42-58(11)43-23-44-59(12)45-24-46-60(13)47-48-64-65(61,62)63/h27,29,31,33,35,37,39,41,43,45,49,60H,14-26,28,30,32,34,36,38,40,42,44,46-48H2,1-13H3,(H2,61,62,63)/b50-27+,51-29+,52-31-,53-33-,54-35-,55-37-,56-39-,57-41-,58-43-,59-45-. The van der Waals surface area contributed by atoms with Crippen molar-refractivity contribution in [2.75, 3.05) is 6.61 Å². The molecule has 1 unspecified atom stereocenters. The van der Waals surface area contributed by atoms with Crippen LogP contribution in [0.15, 0.2) is 116 Å². The lowest BCUT2D eigenvalue weighted by molar-refractivity contribution is 0.185. The number of phosphoric ester groups is 1. The first-order valence-electron chi connectivity index (χ1n) is 26.0. The fourth-order valence-electron chi connectivity index (χ4n) is 7.86. The van der Waals surface area contributed by atoms with E-state index < -0.39 is 7.82 Å². The summed E-state index contributed by atoms with van der Waals surface area (Å²) in [5, 5.41) is 0. The van der Waals surface area contributed by atoms with Crippen LogP contribution in [0.5, 0.6) is 0 Å². The first-order valence-corrected chi connectivity index (χ1v) is 27.5. The van der Waals surface area contributed by atoms with Crippen LogP contribution in [0, 0.1) is 11.8 Å². The van der Waals surface area contributed by atoms with Crippen molar-refractivity contribution in [2.24, 2.45) is 11.8 Å². The summed E-state index contributed by atoms with van der Waals surface area (Å²) >= 11 is 0. The topological polar surface area (TPSA) is 66.8 Å². The van der Waals surface area contributed by atoms with Gasteiger partial charge >= 0.3 is 7.82 Å². The molecule has 0 fully saturated rings. The molecular formula is C60H103O4P. The van der Waals surface area contributed by atoms with Crippen molar-refractivity contribution in [3.8, 4) is 0 Å². The average molecular weight is 919 g/mol. The molecule has 65 heavy (non-hydrogen) atoms. The summed E-state index contributed by atoms with van der Waals surface area (Å²) in [5.74, 6) is 1.19. The predicted molar refractivity (Wildman–Crippen MR) is 290 cm³/mol. The van der Waals surface area contributed by atoms with Gasteiger partial charge in [-0.2, -0.15) is 0 Å². The van der Waals surface area contributed by atoms with E-state index in [1.165, 1.54) is 95.1 Å². The van der Waals surface area contributed by atoms with Gasteiger partial charge in [0.25, 0.3) is 0 Å². The van der Waals surface area contributed by atoms with Gasteiger partial charge in [-0.25, -0.2) is 4.57 Å². The van der Waals surface area contributed by atoms with Crippen molar-refractivity contribution in [1.29, 1.82) is 0 Å². The van der Waals surface area contributed by atoms with Gasteiger partial charge in [-0.05, 0) is 229 Å². The Kier molecular flexibility index (Phi) is 38.0. The van der Waals surface area contributed by atoms with Crippen molar-refractivity contribution in [3.05, 3.63) is 116 Å². The van der Waals surface area contributed by atoms with E-state index in [-0.39, 0.29) is 6.61 Å². The molecule has 0 aliphatic heterocycles. The normalized spacial score (nSPS) is 15.5. The van der Waals surface area contributed by atoms with Gasteiger partial charge in [0.05, 0.1) is 6.61 Å². The summed E-state index contributed by atoms with van der Waals surface area (Å²) in [5.41, 5.74) is 15.1. The molecule has 1 atom stereocenters. The molecule has 0 rings (SSSR count). The molecule has 0 aromatic carbocycles. The molecule has 0 aliphatic carbocycles. The highest BCUT2D eigenvalue weighted by atomic mass is 31.2. The highest BCUT2D eigenvalue weighted by Crippen LogP contribution is 2.36. The first-order chi connectivity index (χ1) is 30.7. The highest BCUT2D eigenvalue weighted by molar-refractivity contribution is 7.46. The molecule has 0 amide bonds. The summed E-state index contributed by atoms with van der Waals surface area (Å²) in [6, 6.07) is 0. The molecule has 0 saturated carbocycles. The summed E-state index contributed by atoms with van der Waals surface area (Å²) in [7, 11) is -4.35. The minimum absolute atomic E-state index is 0.107. The van der Waals surface area contributed by atoms with Crippen LogP contribution < -0.4 is 0 Å². The lowest BCUT2D eigenvalue weighted by Gasteiger charge is -2.11. The van der Waals surface area contributed by atoms with E-state index in [0.717, 1.165) is 109 Å². The van der Waals surface area contributed by atoms with Gasteiger partial charge < -0.3 is 9.79 Å². The minimum atomic E-state index is -4.35. The number of phosphoric acid groups is 1. The zero-order valence-electron chi connectivity index (χ0n) is 44.8. The van der Waals surface area contributed by atoms with Gasteiger partial charge in [-0.15, -0.1) is 0 Å². The summed E-state index contributed by atoms with van der Waals surface area (Å²) in [6.45, 7) is 29.7. The fourth-order valence-corrected chi connectivity index (χ4v) is 8.20. The van der Waals surface area contributed by atoms with Crippen LogP contribution in [0.3, 0.4) is 0 Å². The monoisotopic (exact) mass is 919 g/mol. The maximum Gasteiger partial charge on any atom is 0.469 e. The molecule has 372 valence electrons. The van der Waals surface area contributed by atoms with E-state index in [9.17, 15) is 4.57 Å². The van der Waals surface area contributed by atoms with Crippen LogP contribution in [0.25, 0.3) is 0 Å². The van der Waals surface area contributed by atoms with Crippen LogP contribution in [-0.2, 0) is 9.09 Å². The summed E-state index contributed by atoms with van der Waals surface area (Å²) in [6.07, 6.45) is 51.5. The Morgan fingerprint density at radius 1 is 0.369 bits per heavy atom. The zero-order valence-corrected chi connectivity index (χ0v) is 45.7. The van der Waals surface area contributed by atoms with Gasteiger partial charge in [0, 0.05) is 0 Å². The molecule has 0 saturated heterocycles. The Balaban J connectivity index is 4.26. The highest BCUT2D eigenvalue weighted by Gasteiger charge is 2.14. The lowest BCUT2D eigenvalue weighted by atomic mass is 10.0. The smallest absolute Gasteiger partial charge is 0.303 e. The number of rotatable bonds is 38. The molecule has 5 heteroatoms. The third-order valence-electron chi connectivity index (χ3n) is 12.7. The molecule has 0 spiro atoms. The Hall–Kier alpha value is -2.49. The van der Waals surface area contributed by atoms with E-state index in [1.54, 1.807) is 5.57 Å². The second-order valence-electron chi connectivity index (χ2n) is 20.4. The third-order valence-corrected chi connectivity index (χ3v) is 13.2. The van der Waals surface area contributed by atoms with E-state index in [1.807, 2.05) is 0 Å². The largest absolute Gasteiger partial charge is 0.469 e. The molecule has 0 aliphatic rings. The van der Waals surface area contributed by atoms with Gasteiger partial charge in [-0.3, -0.25) is 4.52 Å². The average Bonchev–Trinajstić information content (AvgIpc) is 3.20. The second-order valence-corrected chi connectivity index (χ2v) is 21.7. The van der Waals surface area contributed by atoms with Crippen LogP contribution in [0.2, 0.25) is 0 Å². The molecule has 0 radical (unpaired) electrons. The lowest BCUT2D eigenvalue weighted by Crippen LogP contribution is -2.00. The van der Waals surface area contributed by atoms with E-state index in [2.05, 4.69) is 155 Å². The molecule has 0 aromatic heterocycles. The third kappa shape index (κ3) is 43.8. The zero-order chi connectivity index (χ0) is 48.9. The Morgan fingerprint density at radius 2 is 0.600 bits per heavy atom. The number of hydrogen-bond donors (Lipinski definition) is 2. The predicted octanol–water partition coefficient (Wildman–Crippen LogP) is 20.2. The molecule has 2 N–H and O–H groups in total. The Bertz CT molecular complexity index is 1650. The molecule has 0 aromatic rings. The summed E-state index contributed by atoms with van der Waals surface area (Å²) < 4.78 is 15.4. The van der Waals surface area contributed by atoms with Gasteiger partial charge in [0.15, 0.2) is 0 Å². The van der Waals surface area contributed by atoms with Crippen LogP contribution in [0.1, 0.15) is 244 Å². The molecule has 0 bridgehead atoms. The van der Waals surface area contributed by atoms with Crippen molar-refractivity contribution >= 4 is 7.82 Å². The van der Waals surface area contributed by atoms with Crippen molar-refractivity contribution in [2.45, 2.75) is 244 Å². The number of allylic oxidation sites excluding steroid dienone is 20. The molecule has 4 nitrogen and oxygen atoms in total. The van der Waals surface area contributed by atoms with Gasteiger partial charge in [0.1, 0.15) is 0 Å². The maximum absolute atomic E-state index is 10.8. The summed E-state index contributed by atoms with van der Waals surface area (Å²) in [4.78, 5) is 17.6. The maximum atomic E-state index is 10.8. The van der Waals surface area contributed by atoms with Crippen LogP contribution >= 0.6 is 7.82 Å². The van der Waals surface area contributed by atoms with Gasteiger partial charge in [0.2, 0.25) is 0 Å². The molecule has 0 heterocycles. The van der Waals surface area contributed by atoms with Crippen LogP contribution in [-0.4, -0.2) is 16.4 Å². The van der Waals surface area contributed by atoms with Crippen molar-refractivity contribution in [3.63, 3.8) is 0 Å². The van der Waals surface area contributed by atoms with Crippen LogP contribution in [0.4, 0.5) is 0 Å². The first kappa shape index (κ1) is 62.5. The Morgan fingerprint density at radius 3 is 0.831 bits per heavy atom. The quantitative estimate of drug-likeness (QED) is 0.0478. The minimum Gasteiger partial charge on any atom is -0.303 e. The van der Waals surface area contributed by atoms with Gasteiger partial charge in [-0.1, -0.05) is 144 Å². The molecular weight excluding hydrogens is 816 g/mol. The number of hydrogen-bond acceptors (Lipinski definition) is 2. The van der Waals surface area contributed by atoms with E-state index in [4.69, 9.17) is 9.79 Å². The van der Waals surface area contributed by atoms with Crippen molar-refractivity contribution in [1.82, 2.24) is 0 Å². The van der Waals surface area contributed by atoms with Crippen molar-refractivity contribution < 1.29 is 18.9 Å². The Labute approximate surface area is 404 Å². The second kappa shape index (κ2) is 39.5. The fraction of sp³-hybridized carbons (Fsp3) is 0.667. The van der Waals surface area contributed by atoms with E-state index in [0.29, 0.717) is 12.3 Å².